The molecule has 0 heterocycles. The summed E-state index contributed by atoms with van der Waals surface area (Å²) in [6.07, 6.45) is -5.22. The molecule has 0 aliphatic carbocycles. The van der Waals surface area contributed by atoms with E-state index >= 15 is 0 Å². The van der Waals surface area contributed by atoms with Gasteiger partial charge in [-0.3, -0.25) is 4.74 Å². The number of carbonyl (C=O) groups is 1. The minimum Gasteiger partial charge on any atom is -0.461 e. The predicted octanol–water partition coefficient (Wildman–Crippen LogP) is 1.47. The Bertz CT molecular complexity index is 153. The molecule has 0 N–H and O–H groups in total. The molecule has 0 aromatic rings. The molecule has 0 spiro atoms. The summed E-state index contributed by atoms with van der Waals surface area (Å²) in [5.74, 6) is -1.03. The molecule has 0 atom stereocenters. The van der Waals surface area contributed by atoms with Crippen molar-refractivity contribution in [3.05, 3.63) is 0 Å². The molecular weight excluding hydrogens is 177 g/mol. The van der Waals surface area contributed by atoms with E-state index in [1.807, 2.05) is 0 Å². The van der Waals surface area contributed by atoms with Crippen LogP contribution in [0.15, 0.2) is 0 Å². The lowest BCUT2D eigenvalue weighted by atomic mass is 10.5. The Kier molecular flexibility index (Phi) is 4.02. The standard InChI is InChI=1S/C6H9F3O3/c1-4(2)12-5(10)3-11-6(7,8)9/h4H,3H2,1-2H3. The Morgan fingerprint density at radius 1 is 1.42 bits per heavy atom. The van der Waals surface area contributed by atoms with Gasteiger partial charge in [0.25, 0.3) is 0 Å². The van der Waals surface area contributed by atoms with Crippen molar-refractivity contribution >= 4 is 5.97 Å². The minimum atomic E-state index is -4.78. The van der Waals surface area contributed by atoms with E-state index in [1.165, 1.54) is 13.8 Å². The molecule has 3 nitrogen and oxygen atoms in total. The zero-order valence-electron chi connectivity index (χ0n) is 6.64. The summed E-state index contributed by atoms with van der Waals surface area (Å²) in [4.78, 5) is 10.5. The van der Waals surface area contributed by atoms with Gasteiger partial charge < -0.3 is 4.74 Å². The van der Waals surface area contributed by atoms with Crippen LogP contribution in [0.4, 0.5) is 13.2 Å². The number of hydrogen-bond acceptors (Lipinski definition) is 3. The zero-order valence-corrected chi connectivity index (χ0v) is 6.64. The molecule has 0 bridgehead atoms. The van der Waals surface area contributed by atoms with Crippen molar-refractivity contribution < 1.29 is 27.4 Å². The lowest BCUT2D eigenvalue weighted by Crippen LogP contribution is -2.23. The normalized spacial score (nSPS) is 11.8. The third-order valence-corrected chi connectivity index (χ3v) is 0.721. The number of alkyl halides is 3. The summed E-state index contributed by atoms with van der Waals surface area (Å²) < 4.78 is 41.6. The van der Waals surface area contributed by atoms with E-state index in [2.05, 4.69) is 9.47 Å². The fraction of sp³-hybridized carbons (Fsp3) is 0.833. The van der Waals surface area contributed by atoms with E-state index in [-0.39, 0.29) is 0 Å². The lowest BCUT2D eigenvalue weighted by molar-refractivity contribution is -0.323. The van der Waals surface area contributed by atoms with Crippen LogP contribution in [-0.4, -0.2) is 25.0 Å². The second kappa shape index (κ2) is 4.30. The molecule has 0 aliphatic rings. The maximum atomic E-state index is 11.3. The smallest absolute Gasteiger partial charge is 0.461 e. The highest BCUT2D eigenvalue weighted by molar-refractivity contribution is 5.70. The van der Waals surface area contributed by atoms with Gasteiger partial charge in [-0.2, -0.15) is 0 Å². The Morgan fingerprint density at radius 3 is 2.25 bits per heavy atom. The first-order valence-corrected chi connectivity index (χ1v) is 3.21. The van der Waals surface area contributed by atoms with Crippen LogP contribution in [0, 0.1) is 0 Å². The Hall–Kier alpha value is -0.780. The first-order valence-electron chi connectivity index (χ1n) is 3.21. The van der Waals surface area contributed by atoms with Gasteiger partial charge in [0.15, 0.2) is 6.61 Å². The van der Waals surface area contributed by atoms with Gasteiger partial charge in [-0.1, -0.05) is 0 Å². The molecular formula is C6H9F3O3. The SMILES string of the molecule is CC(C)OC(=O)COC(F)(F)F. The zero-order chi connectivity index (χ0) is 9.78. The third kappa shape index (κ3) is 7.33. The molecule has 0 rings (SSSR count). The summed E-state index contributed by atoms with van der Waals surface area (Å²) in [7, 11) is 0. The average Bonchev–Trinajstić information content (AvgIpc) is 1.80. The fourth-order valence-electron chi connectivity index (χ4n) is 0.438. The number of hydrogen-bond donors (Lipinski definition) is 0. The Labute approximate surface area is 67.4 Å². The molecule has 0 unspecified atom stereocenters. The van der Waals surface area contributed by atoms with Crippen LogP contribution in [0.2, 0.25) is 0 Å². The molecule has 0 radical (unpaired) electrons. The van der Waals surface area contributed by atoms with Gasteiger partial charge >= 0.3 is 12.3 Å². The number of halogens is 3. The maximum absolute atomic E-state index is 11.3. The Morgan fingerprint density at radius 2 is 1.92 bits per heavy atom. The number of ether oxygens (including phenoxy) is 2. The monoisotopic (exact) mass is 186 g/mol. The van der Waals surface area contributed by atoms with Crippen LogP contribution >= 0.6 is 0 Å². The molecule has 0 saturated carbocycles. The maximum Gasteiger partial charge on any atom is 0.523 e. The summed E-state index contributed by atoms with van der Waals surface area (Å²) in [6.45, 7) is 1.97. The quantitative estimate of drug-likeness (QED) is 0.626. The minimum absolute atomic E-state index is 0.436. The van der Waals surface area contributed by atoms with Gasteiger partial charge in [-0.05, 0) is 13.8 Å². The summed E-state index contributed by atoms with van der Waals surface area (Å²) in [5, 5.41) is 0. The lowest BCUT2D eigenvalue weighted by Gasteiger charge is -2.09. The molecule has 6 heteroatoms. The molecule has 0 aliphatic heterocycles. The van der Waals surface area contributed by atoms with Crippen molar-refractivity contribution in [1.29, 1.82) is 0 Å². The first kappa shape index (κ1) is 11.2. The second-order valence-electron chi connectivity index (χ2n) is 2.27. The molecule has 12 heavy (non-hydrogen) atoms. The highest BCUT2D eigenvalue weighted by Crippen LogP contribution is 2.15. The van der Waals surface area contributed by atoms with Gasteiger partial charge in [-0.25, -0.2) is 4.79 Å². The largest absolute Gasteiger partial charge is 0.523 e. The van der Waals surface area contributed by atoms with Gasteiger partial charge in [0, 0.05) is 0 Å². The van der Waals surface area contributed by atoms with E-state index in [1.54, 1.807) is 0 Å². The molecule has 0 fully saturated rings. The van der Waals surface area contributed by atoms with Crippen LogP contribution in [0.3, 0.4) is 0 Å². The summed E-state index contributed by atoms with van der Waals surface area (Å²) in [5.41, 5.74) is 0. The van der Waals surface area contributed by atoms with Crippen molar-refractivity contribution in [3.63, 3.8) is 0 Å². The van der Waals surface area contributed by atoms with E-state index in [9.17, 15) is 18.0 Å². The number of esters is 1. The van der Waals surface area contributed by atoms with Gasteiger partial charge in [-0.15, -0.1) is 13.2 Å². The van der Waals surface area contributed by atoms with Crippen LogP contribution in [0.1, 0.15) is 13.8 Å². The third-order valence-electron chi connectivity index (χ3n) is 0.721. The molecule has 0 amide bonds. The summed E-state index contributed by atoms with van der Waals surface area (Å²) >= 11 is 0. The highest BCUT2D eigenvalue weighted by Gasteiger charge is 2.30. The van der Waals surface area contributed by atoms with Gasteiger partial charge in [0.05, 0.1) is 6.10 Å². The molecule has 0 aromatic carbocycles. The Balaban J connectivity index is 3.58. The number of rotatable bonds is 3. The van der Waals surface area contributed by atoms with Gasteiger partial charge in [0.1, 0.15) is 0 Å². The molecule has 0 aromatic heterocycles. The summed E-state index contributed by atoms with van der Waals surface area (Å²) in [6, 6.07) is 0. The van der Waals surface area contributed by atoms with E-state index in [0.29, 0.717) is 0 Å². The van der Waals surface area contributed by atoms with Crippen molar-refractivity contribution in [2.75, 3.05) is 6.61 Å². The van der Waals surface area contributed by atoms with E-state index in [0.717, 1.165) is 0 Å². The van der Waals surface area contributed by atoms with E-state index < -0.39 is 25.0 Å². The molecule has 72 valence electrons. The van der Waals surface area contributed by atoms with Crippen molar-refractivity contribution in [2.45, 2.75) is 26.3 Å². The van der Waals surface area contributed by atoms with Crippen LogP contribution in [-0.2, 0) is 14.3 Å². The molecule has 0 saturated heterocycles. The van der Waals surface area contributed by atoms with Crippen molar-refractivity contribution in [1.82, 2.24) is 0 Å². The fourth-order valence-corrected chi connectivity index (χ4v) is 0.438. The predicted molar refractivity (Wildman–Crippen MR) is 33.2 cm³/mol. The van der Waals surface area contributed by atoms with Crippen LogP contribution < -0.4 is 0 Å². The highest BCUT2D eigenvalue weighted by atomic mass is 19.4. The average molecular weight is 186 g/mol. The second-order valence-corrected chi connectivity index (χ2v) is 2.27. The van der Waals surface area contributed by atoms with Crippen molar-refractivity contribution in [2.24, 2.45) is 0 Å². The number of carbonyl (C=O) groups excluding carboxylic acids is 1. The first-order chi connectivity index (χ1) is 5.31. The van der Waals surface area contributed by atoms with Crippen LogP contribution in [0.25, 0.3) is 0 Å². The topological polar surface area (TPSA) is 35.5 Å². The van der Waals surface area contributed by atoms with Gasteiger partial charge in [0.2, 0.25) is 0 Å². The van der Waals surface area contributed by atoms with Crippen molar-refractivity contribution in [3.8, 4) is 0 Å². The van der Waals surface area contributed by atoms with E-state index in [4.69, 9.17) is 0 Å². The van der Waals surface area contributed by atoms with Crippen LogP contribution in [0.5, 0.6) is 0 Å².